The minimum atomic E-state index is -0.920. The molecule has 3 N–H and O–H groups in total. The third kappa shape index (κ3) is 3.41. The number of carboxylic acid groups (broad SMARTS) is 1. The first-order valence-electron chi connectivity index (χ1n) is 5.38. The third-order valence-electron chi connectivity index (χ3n) is 2.22. The van der Waals surface area contributed by atoms with Gasteiger partial charge in [0.2, 0.25) is 5.95 Å². The third-order valence-corrected chi connectivity index (χ3v) is 3.18. The first kappa shape index (κ1) is 13.3. The molecule has 0 amide bonds. The largest absolute Gasteiger partial charge is 0.481 e. The molecule has 2 rings (SSSR count). The molecule has 2 heterocycles. The summed E-state index contributed by atoms with van der Waals surface area (Å²) in [5.74, 6) is -0.134. The number of hydrogen-bond donors (Lipinski definition) is 2. The number of thioether (sulfide) groups is 1. The van der Waals surface area contributed by atoms with Crippen LogP contribution in [0.15, 0.2) is 17.4 Å². The number of carboxylic acids is 1. The number of aromatic nitrogens is 5. The second kappa shape index (κ2) is 5.65. The van der Waals surface area contributed by atoms with Gasteiger partial charge in [-0.25, -0.2) is 9.97 Å². The smallest absolute Gasteiger partial charge is 0.313 e. The zero-order chi connectivity index (χ0) is 13.8. The molecule has 0 aliphatic heterocycles. The van der Waals surface area contributed by atoms with Gasteiger partial charge in [0.15, 0.2) is 5.16 Å². The van der Waals surface area contributed by atoms with E-state index in [9.17, 15) is 4.79 Å². The number of nitrogen functional groups attached to an aromatic ring is 1. The Balaban J connectivity index is 2.19. The van der Waals surface area contributed by atoms with Gasteiger partial charge in [-0.2, -0.15) is 0 Å². The summed E-state index contributed by atoms with van der Waals surface area (Å²) in [6.07, 6.45) is 1.66. The summed E-state index contributed by atoms with van der Waals surface area (Å²) in [5, 5.41) is 16.7. The number of nitrogens with two attached hydrogens (primary N) is 1. The Morgan fingerprint density at radius 1 is 1.53 bits per heavy atom. The minimum Gasteiger partial charge on any atom is -0.481 e. The summed E-state index contributed by atoms with van der Waals surface area (Å²) < 4.78 is 1.62. The minimum absolute atomic E-state index is 0.0963. The van der Waals surface area contributed by atoms with Crippen LogP contribution in [-0.4, -0.2) is 41.6 Å². The monoisotopic (exact) mass is 280 g/mol. The topological polar surface area (TPSA) is 120 Å². The molecule has 2 aromatic heterocycles. The molecule has 100 valence electrons. The van der Waals surface area contributed by atoms with E-state index in [1.165, 1.54) is 0 Å². The highest BCUT2D eigenvalue weighted by molar-refractivity contribution is 7.99. The Morgan fingerprint density at radius 2 is 2.32 bits per heavy atom. The van der Waals surface area contributed by atoms with Crippen molar-refractivity contribution in [1.29, 1.82) is 0 Å². The zero-order valence-corrected chi connectivity index (χ0v) is 11.0. The van der Waals surface area contributed by atoms with E-state index in [4.69, 9.17) is 10.8 Å². The molecule has 0 unspecified atom stereocenters. The van der Waals surface area contributed by atoms with Crippen LogP contribution in [0.4, 0.5) is 5.95 Å². The fraction of sp³-hybridized carbons (Fsp3) is 0.300. The average Bonchev–Trinajstić information content (AvgIpc) is 2.68. The summed E-state index contributed by atoms with van der Waals surface area (Å²) in [4.78, 5) is 18.8. The average molecular weight is 280 g/mol. The maximum Gasteiger partial charge on any atom is 0.313 e. The van der Waals surface area contributed by atoms with Crippen LogP contribution in [0, 0.1) is 6.92 Å². The van der Waals surface area contributed by atoms with Crippen molar-refractivity contribution in [3.8, 4) is 0 Å². The quantitative estimate of drug-likeness (QED) is 0.744. The Bertz CT molecular complexity index is 599. The molecular formula is C10H12N6O2S. The lowest BCUT2D eigenvalue weighted by Crippen LogP contribution is -2.09. The van der Waals surface area contributed by atoms with E-state index < -0.39 is 5.97 Å². The van der Waals surface area contributed by atoms with E-state index in [2.05, 4.69) is 20.2 Å². The van der Waals surface area contributed by atoms with E-state index in [0.717, 1.165) is 17.5 Å². The van der Waals surface area contributed by atoms with Crippen LogP contribution in [0.25, 0.3) is 0 Å². The normalized spacial score (nSPS) is 10.6. The van der Waals surface area contributed by atoms with Gasteiger partial charge >= 0.3 is 5.97 Å². The molecular weight excluding hydrogens is 268 g/mol. The lowest BCUT2D eigenvalue weighted by molar-refractivity contribution is -0.133. The SMILES string of the molecule is Cc1nccc(Cn2c(N)nnc2SCC(=O)O)n1. The molecule has 9 heteroatoms. The molecule has 0 aliphatic carbocycles. The van der Waals surface area contributed by atoms with Crippen molar-refractivity contribution in [2.24, 2.45) is 0 Å². The Kier molecular flexibility index (Phi) is 3.95. The van der Waals surface area contributed by atoms with Crippen molar-refractivity contribution in [3.63, 3.8) is 0 Å². The van der Waals surface area contributed by atoms with Gasteiger partial charge in [-0.1, -0.05) is 11.8 Å². The number of aryl methyl sites for hydroxylation is 1. The Hall–Kier alpha value is -2.16. The van der Waals surface area contributed by atoms with Crippen LogP contribution in [0.3, 0.4) is 0 Å². The van der Waals surface area contributed by atoms with E-state index >= 15 is 0 Å². The molecule has 0 spiro atoms. The van der Waals surface area contributed by atoms with Gasteiger partial charge < -0.3 is 10.8 Å². The van der Waals surface area contributed by atoms with Crippen molar-refractivity contribution in [1.82, 2.24) is 24.7 Å². The molecule has 0 saturated carbocycles. The molecule has 0 aliphatic rings. The van der Waals surface area contributed by atoms with Crippen molar-refractivity contribution in [3.05, 3.63) is 23.8 Å². The van der Waals surface area contributed by atoms with E-state index in [-0.39, 0.29) is 11.7 Å². The summed E-state index contributed by atoms with van der Waals surface area (Å²) in [5.41, 5.74) is 6.48. The molecule has 0 fully saturated rings. The van der Waals surface area contributed by atoms with Gasteiger partial charge in [-0.3, -0.25) is 9.36 Å². The number of rotatable bonds is 5. The number of nitrogens with zero attached hydrogens (tertiary/aromatic N) is 5. The maximum absolute atomic E-state index is 10.6. The highest BCUT2D eigenvalue weighted by atomic mass is 32.2. The summed E-state index contributed by atoms with van der Waals surface area (Å²) >= 11 is 1.07. The number of anilines is 1. The predicted octanol–water partition coefficient (Wildman–Crippen LogP) is 0.184. The molecule has 0 aromatic carbocycles. The second-order valence-corrected chi connectivity index (χ2v) is 4.65. The van der Waals surface area contributed by atoms with Crippen molar-refractivity contribution >= 4 is 23.7 Å². The highest BCUT2D eigenvalue weighted by Crippen LogP contribution is 2.18. The lowest BCUT2D eigenvalue weighted by Gasteiger charge is -2.07. The summed E-state index contributed by atoms with van der Waals surface area (Å²) in [6.45, 7) is 2.17. The van der Waals surface area contributed by atoms with Gasteiger partial charge in [0.1, 0.15) is 5.82 Å². The standard InChI is InChI=1S/C10H12N6O2S/c1-6-12-3-2-7(13-6)4-16-9(11)14-15-10(16)19-5-8(17)18/h2-3H,4-5H2,1H3,(H2,11,14)(H,17,18). The van der Waals surface area contributed by atoms with Gasteiger partial charge in [0, 0.05) is 6.20 Å². The first-order valence-corrected chi connectivity index (χ1v) is 6.36. The summed E-state index contributed by atoms with van der Waals surface area (Å²) in [7, 11) is 0. The Labute approximate surface area is 113 Å². The Morgan fingerprint density at radius 3 is 3.00 bits per heavy atom. The number of hydrogen-bond acceptors (Lipinski definition) is 7. The fourth-order valence-corrected chi connectivity index (χ4v) is 2.10. The molecule has 0 atom stereocenters. The van der Waals surface area contributed by atoms with Crippen LogP contribution in [0.5, 0.6) is 0 Å². The van der Waals surface area contributed by atoms with Gasteiger partial charge in [0.25, 0.3) is 0 Å². The lowest BCUT2D eigenvalue weighted by atomic mass is 10.4. The van der Waals surface area contributed by atoms with E-state index in [1.54, 1.807) is 23.8 Å². The van der Waals surface area contributed by atoms with Gasteiger partial charge in [-0.05, 0) is 13.0 Å². The fourth-order valence-electron chi connectivity index (χ4n) is 1.44. The molecule has 19 heavy (non-hydrogen) atoms. The molecule has 0 bridgehead atoms. The molecule has 0 saturated heterocycles. The predicted molar refractivity (Wildman–Crippen MR) is 68.7 cm³/mol. The van der Waals surface area contributed by atoms with E-state index in [0.29, 0.717) is 17.5 Å². The van der Waals surface area contributed by atoms with Gasteiger partial charge in [0.05, 0.1) is 18.0 Å². The van der Waals surface area contributed by atoms with Crippen LogP contribution < -0.4 is 5.73 Å². The number of carbonyl (C=O) groups is 1. The molecule has 0 radical (unpaired) electrons. The summed E-state index contributed by atoms with van der Waals surface area (Å²) in [6, 6.07) is 1.76. The number of aliphatic carboxylic acids is 1. The van der Waals surface area contributed by atoms with Crippen LogP contribution in [0.1, 0.15) is 11.5 Å². The van der Waals surface area contributed by atoms with Crippen LogP contribution >= 0.6 is 11.8 Å². The first-order chi connectivity index (χ1) is 9.06. The van der Waals surface area contributed by atoms with Crippen molar-refractivity contribution in [2.75, 3.05) is 11.5 Å². The van der Waals surface area contributed by atoms with E-state index in [1.807, 2.05) is 0 Å². The molecule has 8 nitrogen and oxygen atoms in total. The van der Waals surface area contributed by atoms with Crippen molar-refractivity contribution < 1.29 is 9.90 Å². The maximum atomic E-state index is 10.6. The van der Waals surface area contributed by atoms with Crippen LogP contribution in [-0.2, 0) is 11.3 Å². The van der Waals surface area contributed by atoms with Crippen LogP contribution in [0.2, 0.25) is 0 Å². The highest BCUT2D eigenvalue weighted by Gasteiger charge is 2.12. The molecule has 2 aromatic rings. The van der Waals surface area contributed by atoms with Crippen molar-refractivity contribution in [2.45, 2.75) is 18.6 Å². The van der Waals surface area contributed by atoms with Gasteiger partial charge in [-0.15, -0.1) is 10.2 Å². The zero-order valence-electron chi connectivity index (χ0n) is 10.1. The second-order valence-electron chi connectivity index (χ2n) is 3.70.